The summed E-state index contributed by atoms with van der Waals surface area (Å²) >= 11 is 0. The molecule has 14 heavy (non-hydrogen) atoms. The van der Waals surface area contributed by atoms with Crippen molar-refractivity contribution in [2.24, 2.45) is 10.9 Å². The van der Waals surface area contributed by atoms with Crippen molar-refractivity contribution in [3.05, 3.63) is 33.4 Å². The quantitative estimate of drug-likeness (QED) is 0.412. The summed E-state index contributed by atoms with van der Waals surface area (Å²) < 4.78 is 0. The number of rotatable bonds is 1. The standard InChI is InChI=1S/C12H18N2/c1-7-8(2)10(4)12(6-14-13)11(5)9(7)3/h6H,13H2,1-5H3/b14-6-. The molecule has 0 aliphatic rings. The molecule has 0 saturated carbocycles. The van der Waals surface area contributed by atoms with Crippen LogP contribution in [0.5, 0.6) is 0 Å². The van der Waals surface area contributed by atoms with Crippen LogP contribution in [0.25, 0.3) is 0 Å². The highest BCUT2D eigenvalue weighted by molar-refractivity contribution is 5.85. The molecular weight excluding hydrogens is 172 g/mol. The number of hydrazone groups is 1. The Kier molecular flexibility index (Phi) is 2.94. The highest BCUT2D eigenvalue weighted by Crippen LogP contribution is 2.24. The predicted molar refractivity (Wildman–Crippen MR) is 61.9 cm³/mol. The van der Waals surface area contributed by atoms with Crippen molar-refractivity contribution in [2.75, 3.05) is 0 Å². The minimum atomic E-state index is 1.16. The van der Waals surface area contributed by atoms with Crippen molar-refractivity contribution < 1.29 is 0 Å². The molecule has 0 aromatic heterocycles. The minimum absolute atomic E-state index is 1.16. The second kappa shape index (κ2) is 3.82. The van der Waals surface area contributed by atoms with Gasteiger partial charge in [0.25, 0.3) is 0 Å². The summed E-state index contributed by atoms with van der Waals surface area (Å²) in [6.07, 6.45) is 1.74. The van der Waals surface area contributed by atoms with Gasteiger partial charge in [0.1, 0.15) is 0 Å². The van der Waals surface area contributed by atoms with Crippen LogP contribution in [0.1, 0.15) is 33.4 Å². The molecule has 76 valence electrons. The zero-order chi connectivity index (χ0) is 10.9. The molecule has 2 nitrogen and oxygen atoms in total. The van der Waals surface area contributed by atoms with Gasteiger partial charge in [-0.05, 0) is 62.4 Å². The molecule has 1 aromatic carbocycles. The highest BCUT2D eigenvalue weighted by Gasteiger charge is 2.09. The van der Waals surface area contributed by atoms with Crippen LogP contribution in [0, 0.1) is 34.6 Å². The molecule has 0 unspecified atom stereocenters. The molecule has 0 fully saturated rings. The van der Waals surface area contributed by atoms with Crippen molar-refractivity contribution in [3.8, 4) is 0 Å². The lowest BCUT2D eigenvalue weighted by atomic mass is 9.90. The van der Waals surface area contributed by atoms with Crippen molar-refractivity contribution in [2.45, 2.75) is 34.6 Å². The Hall–Kier alpha value is -1.31. The first kappa shape index (κ1) is 10.8. The molecule has 2 N–H and O–H groups in total. The van der Waals surface area contributed by atoms with E-state index in [9.17, 15) is 0 Å². The molecule has 0 bridgehead atoms. The second-order valence-electron chi connectivity index (χ2n) is 3.82. The molecule has 0 radical (unpaired) electrons. The van der Waals surface area contributed by atoms with Gasteiger partial charge in [-0.2, -0.15) is 5.10 Å². The average molecular weight is 190 g/mol. The van der Waals surface area contributed by atoms with E-state index in [1.807, 2.05) is 0 Å². The lowest BCUT2D eigenvalue weighted by Crippen LogP contribution is -2.02. The van der Waals surface area contributed by atoms with Crippen molar-refractivity contribution in [1.82, 2.24) is 0 Å². The first-order chi connectivity index (χ1) is 6.50. The van der Waals surface area contributed by atoms with Crippen LogP contribution < -0.4 is 5.84 Å². The first-order valence-corrected chi connectivity index (χ1v) is 4.81. The summed E-state index contributed by atoms with van der Waals surface area (Å²) in [6.45, 7) is 10.7. The van der Waals surface area contributed by atoms with Crippen molar-refractivity contribution in [1.29, 1.82) is 0 Å². The van der Waals surface area contributed by atoms with Crippen LogP contribution in [0.3, 0.4) is 0 Å². The summed E-state index contributed by atoms with van der Waals surface area (Å²) in [5, 5.41) is 3.61. The van der Waals surface area contributed by atoms with Gasteiger partial charge in [0, 0.05) is 5.56 Å². The molecule has 0 amide bonds. The fourth-order valence-corrected chi connectivity index (χ4v) is 1.80. The second-order valence-corrected chi connectivity index (χ2v) is 3.82. The Balaban J connectivity index is 3.59. The summed E-state index contributed by atoms with van der Waals surface area (Å²) in [5.41, 5.74) is 7.76. The fraction of sp³-hybridized carbons (Fsp3) is 0.417. The van der Waals surface area contributed by atoms with Crippen LogP contribution in [0.4, 0.5) is 0 Å². The Morgan fingerprint density at radius 2 is 1.14 bits per heavy atom. The third-order valence-corrected chi connectivity index (χ3v) is 3.26. The van der Waals surface area contributed by atoms with E-state index in [2.05, 4.69) is 39.7 Å². The lowest BCUT2D eigenvalue weighted by Gasteiger charge is -2.15. The van der Waals surface area contributed by atoms with E-state index >= 15 is 0 Å². The van der Waals surface area contributed by atoms with E-state index in [0.717, 1.165) is 5.56 Å². The lowest BCUT2D eigenvalue weighted by molar-refractivity contribution is 1.16. The van der Waals surface area contributed by atoms with Crippen LogP contribution >= 0.6 is 0 Å². The normalized spacial score (nSPS) is 11.2. The largest absolute Gasteiger partial charge is 0.323 e. The monoisotopic (exact) mass is 190 g/mol. The molecular formula is C12H18N2. The van der Waals surface area contributed by atoms with Crippen molar-refractivity contribution in [3.63, 3.8) is 0 Å². The van der Waals surface area contributed by atoms with E-state index in [-0.39, 0.29) is 0 Å². The molecule has 0 aliphatic heterocycles. The number of hydrogen-bond acceptors (Lipinski definition) is 2. The molecule has 0 aliphatic carbocycles. The van der Waals surface area contributed by atoms with Gasteiger partial charge in [-0.15, -0.1) is 0 Å². The van der Waals surface area contributed by atoms with Crippen molar-refractivity contribution >= 4 is 6.21 Å². The third-order valence-electron chi connectivity index (χ3n) is 3.26. The molecule has 1 rings (SSSR count). The summed E-state index contributed by atoms with van der Waals surface area (Å²) in [6, 6.07) is 0. The van der Waals surface area contributed by atoms with E-state index in [4.69, 9.17) is 5.84 Å². The van der Waals surface area contributed by atoms with Crippen LogP contribution in [-0.4, -0.2) is 6.21 Å². The Morgan fingerprint density at radius 1 is 0.786 bits per heavy atom. The number of benzene rings is 1. The first-order valence-electron chi connectivity index (χ1n) is 4.81. The number of nitrogens with two attached hydrogens (primary N) is 1. The van der Waals surface area contributed by atoms with Gasteiger partial charge in [-0.1, -0.05) is 0 Å². The molecule has 0 heterocycles. The summed E-state index contributed by atoms with van der Waals surface area (Å²) in [5.74, 6) is 5.21. The van der Waals surface area contributed by atoms with Gasteiger partial charge in [0.15, 0.2) is 0 Å². The topological polar surface area (TPSA) is 38.4 Å². The van der Waals surface area contributed by atoms with E-state index < -0.39 is 0 Å². The minimum Gasteiger partial charge on any atom is -0.323 e. The molecule has 0 spiro atoms. The molecule has 0 atom stereocenters. The van der Waals surface area contributed by atoms with Gasteiger partial charge in [-0.25, -0.2) is 0 Å². The molecule has 1 aromatic rings. The maximum absolute atomic E-state index is 5.21. The maximum atomic E-state index is 5.21. The zero-order valence-corrected chi connectivity index (χ0v) is 9.60. The van der Waals surface area contributed by atoms with Crippen LogP contribution in [-0.2, 0) is 0 Å². The van der Waals surface area contributed by atoms with Gasteiger partial charge >= 0.3 is 0 Å². The molecule has 0 saturated heterocycles. The van der Waals surface area contributed by atoms with Crippen LogP contribution in [0.2, 0.25) is 0 Å². The van der Waals surface area contributed by atoms with Gasteiger partial charge < -0.3 is 5.84 Å². The smallest absolute Gasteiger partial charge is 0.0543 e. The maximum Gasteiger partial charge on any atom is 0.0543 e. The van der Waals surface area contributed by atoms with Gasteiger partial charge in [0.05, 0.1) is 6.21 Å². The predicted octanol–water partition coefficient (Wildman–Crippen LogP) is 2.52. The Labute approximate surface area is 85.8 Å². The van der Waals surface area contributed by atoms with E-state index in [0.29, 0.717) is 0 Å². The number of nitrogens with zero attached hydrogens (tertiary/aromatic N) is 1. The summed E-state index contributed by atoms with van der Waals surface area (Å²) in [4.78, 5) is 0. The Bertz CT molecular complexity index is 361. The van der Waals surface area contributed by atoms with Crippen LogP contribution in [0.15, 0.2) is 5.10 Å². The third kappa shape index (κ3) is 1.52. The Morgan fingerprint density at radius 3 is 1.50 bits per heavy atom. The average Bonchev–Trinajstić information content (AvgIpc) is 2.19. The fourth-order valence-electron chi connectivity index (χ4n) is 1.80. The van der Waals surface area contributed by atoms with E-state index in [1.54, 1.807) is 6.21 Å². The SMILES string of the molecule is Cc1c(C)c(C)c(/C=N\N)c(C)c1C. The zero-order valence-electron chi connectivity index (χ0n) is 9.60. The van der Waals surface area contributed by atoms with Gasteiger partial charge in [-0.3, -0.25) is 0 Å². The summed E-state index contributed by atoms with van der Waals surface area (Å²) in [7, 11) is 0. The number of hydrogen-bond donors (Lipinski definition) is 1. The highest BCUT2D eigenvalue weighted by atomic mass is 15.1. The molecule has 2 heteroatoms. The van der Waals surface area contributed by atoms with Gasteiger partial charge in [0.2, 0.25) is 0 Å². The van der Waals surface area contributed by atoms with E-state index in [1.165, 1.54) is 27.8 Å².